The minimum atomic E-state index is -4.08. The van der Waals surface area contributed by atoms with Crippen LogP contribution in [0.15, 0.2) is 77.7 Å². The first-order valence-electron chi connectivity index (χ1n) is 11.3. The Balaban J connectivity index is 1.32. The molecule has 5 rings (SSSR count). The van der Waals surface area contributed by atoms with E-state index in [2.05, 4.69) is 4.98 Å². The molecular formula is C26H24ClN3O5S. The van der Waals surface area contributed by atoms with Gasteiger partial charge in [-0.3, -0.25) is 4.79 Å². The van der Waals surface area contributed by atoms with Gasteiger partial charge in [0, 0.05) is 29.0 Å². The van der Waals surface area contributed by atoms with E-state index in [-0.39, 0.29) is 36.9 Å². The molecule has 186 valence electrons. The van der Waals surface area contributed by atoms with Crippen LogP contribution in [0.5, 0.6) is 5.75 Å². The monoisotopic (exact) mass is 525 g/mol. The number of halogens is 1. The Morgan fingerprint density at radius 3 is 2.53 bits per heavy atom. The quantitative estimate of drug-likeness (QED) is 0.377. The van der Waals surface area contributed by atoms with E-state index in [0.29, 0.717) is 21.7 Å². The Morgan fingerprint density at radius 2 is 1.81 bits per heavy atom. The summed E-state index contributed by atoms with van der Waals surface area (Å²) in [6, 6.07) is 22.4. The Hall–Kier alpha value is -3.37. The number of sulfonamides is 1. The second kappa shape index (κ2) is 9.94. The Morgan fingerprint density at radius 1 is 1.08 bits per heavy atom. The van der Waals surface area contributed by atoms with Gasteiger partial charge < -0.3 is 20.2 Å². The van der Waals surface area contributed by atoms with Gasteiger partial charge in [-0.15, -0.1) is 0 Å². The van der Waals surface area contributed by atoms with E-state index in [1.807, 2.05) is 54.6 Å². The molecule has 2 heterocycles. The molecule has 3 aromatic carbocycles. The summed E-state index contributed by atoms with van der Waals surface area (Å²) in [5, 5.41) is 0.662. The highest BCUT2D eigenvalue weighted by Gasteiger charge is 2.36. The summed E-state index contributed by atoms with van der Waals surface area (Å²) >= 11 is 6.11. The van der Waals surface area contributed by atoms with Crippen LogP contribution in [0.4, 0.5) is 0 Å². The predicted octanol–water partition coefficient (Wildman–Crippen LogP) is 4.06. The van der Waals surface area contributed by atoms with E-state index < -0.39 is 22.0 Å². The number of nitrogens with one attached hydrogen (secondary N) is 1. The number of nitrogens with two attached hydrogens (primary N) is 1. The van der Waals surface area contributed by atoms with E-state index in [9.17, 15) is 13.2 Å². The van der Waals surface area contributed by atoms with Gasteiger partial charge in [0.2, 0.25) is 10.0 Å². The van der Waals surface area contributed by atoms with Gasteiger partial charge in [0.15, 0.2) is 0 Å². The van der Waals surface area contributed by atoms with Crippen molar-refractivity contribution in [2.24, 2.45) is 5.73 Å². The first-order chi connectivity index (χ1) is 17.3. The second-order valence-electron chi connectivity index (χ2n) is 8.44. The summed E-state index contributed by atoms with van der Waals surface area (Å²) in [4.78, 5) is 14.7. The van der Waals surface area contributed by atoms with Crippen molar-refractivity contribution in [3.63, 3.8) is 0 Å². The van der Waals surface area contributed by atoms with Crippen molar-refractivity contribution in [3.8, 4) is 16.9 Å². The molecule has 1 amide bonds. The van der Waals surface area contributed by atoms with Gasteiger partial charge >= 0.3 is 0 Å². The minimum absolute atomic E-state index is 0.0654. The van der Waals surface area contributed by atoms with Crippen molar-refractivity contribution < 1.29 is 22.7 Å². The van der Waals surface area contributed by atoms with Crippen molar-refractivity contribution in [1.82, 2.24) is 9.29 Å². The lowest BCUT2D eigenvalue weighted by Gasteiger charge is -2.32. The molecule has 1 fully saturated rings. The molecule has 3 N–H and O–H groups in total. The fraction of sp³-hybridized carbons (Fsp3) is 0.192. The molecule has 1 aliphatic heterocycles. The van der Waals surface area contributed by atoms with Gasteiger partial charge in [0.05, 0.1) is 6.61 Å². The summed E-state index contributed by atoms with van der Waals surface area (Å²) < 4.78 is 40.2. The van der Waals surface area contributed by atoms with Crippen LogP contribution in [-0.4, -0.2) is 56.0 Å². The zero-order chi connectivity index (χ0) is 25.3. The van der Waals surface area contributed by atoms with Crippen molar-refractivity contribution in [2.75, 3.05) is 26.3 Å². The first kappa shape index (κ1) is 24.3. The van der Waals surface area contributed by atoms with Crippen LogP contribution in [0, 0.1) is 0 Å². The average Bonchev–Trinajstić information content (AvgIpc) is 3.28. The number of aromatic nitrogens is 1. The Bertz CT molecular complexity index is 1500. The zero-order valence-corrected chi connectivity index (χ0v) is 20.8. The van der Waals surface area contributed by atoms with E-state index >= 15 is 0 Å². The van der Waals surface area contributed by atoms with Gasteiger partial charge in [0.25, 0.3) is 5.91 Å². The van der Waals surface area contributed by atoms with E-state index in [1.165, 1.54) is 10.4 Å². The molecule has 0 saturated carbocycles. The number of carbonyl (C=O) groups excluding carboxylic acids is 1. The van der Waals surface area contributed by atoms with Crippen LogP contribution in [0.1, 0.15) is 10.5 Å². The molecule has 36 heavy (non-hydrogen) atoms. The van der Waals surface area contributed by atoms with Gasteiger partial charge in [-0.2, -0.15) is 4.31 Å². The third-order valence-electron chi connectivity index (χ3n) is 6.06. The number of H-pyrrole nitrogens is 1. The third kappa shape index (κ3) is 4.83. The lowest BCUT2D eigenvalue weighted by atomic mass is 10.1. The van der Waals surface area contributed by atoms with Gasteiger partial charge in [-0.25, -0.2) is 8.42 Å². The van der Waals surface area contributed by atoms with E-state index in [4.69, 9.17) is 26.8 Å². The highest BCUT2D eigenvalue weighted by molar-refractivity contribution is 7.89. The Labute approximate surface area is 213 Å². The third-order valence-corrected chi connectivity index (χ3v) is 8.24. The summed E-state index contributed by atoms with van der Waals surface area (Å²) in [6.45, 7) is 0.556. The number of hydrogen-bond donors (Lipinski definition) is 2. The molecule has 0 bridgehead atoms. The number of nitrogens with zero attached hydrogens (tertiary/aromatic N) is 1. The molecule has 1 unspecified atom stereocenters. The molecule has 4 aromatic rings. The van der Waals surface area contributed by atoms with E-state index in [1.54, 1.807) is 12.1 Å². The fourth-order valence-corrected chi connectivity index (χ4v) is 6.25. The lowest BCUT2D eigenvalue weighted by Crippen LogP contribution is -2.47. The molecule has 1 aliphatic rings. The number of primary amides is 1. The SMILES string of the molecule is NC(=O)c1[nH]c2ccc(Cl)cc2c1S(=O)(=O)N1CCOC(COc2ccc(-c3ccccc3)cc2)C1. The number of hydrogen-bond acceptors (Lipinski definition) is 5. The number of aromatic amines is 1. The predicted molar refractivity (Wildman–Crippen MR) is 138 cm³/mol. The van der Waals surface area contributed by atoms with Gasteiger partial charge in [-0.1, -0.05) is 54.1 Å². The largest absolute Gasteiger partial charge is 0.491 e. The number of rotatable bonds is 7. The highest BCUT2D eigenvalue weighted by Crippen LogP contribution is 2.32. The maximum atomic E-state index is 13.6. The summed E-state index contributed by atoms with van der Waals surface area (Å²) in [5.41, 5.74) is 7.95. The number of carbonyl (C=O) groups is 1. The molecule has 1 saturated heterocycles. The second-order valence-corrected chi connectivity index (χ2v) is 10.8. The molecule has 0 aliphatic carbocycles. The molecular weight excluding hydrogens is 502 g/mol. The average molecular weight is 526 g/mol. The highest BCUT2D eigenvalue weighted by atomic mass is 35.5. The normalized spacial score (nSPS) is 16.8. The topological polar surface area (TPSA) is 115 Å². The summed E-state index contributed by atoms with van der Waals surface area (Å²) in [7, 11) is -4.08. The van der Waals surface area contributed by atoms with Crippen LogP contribution < -0.4 is 10.5 Å². The molecule has 0 spiro atoms. The van der Waals surface area contributed by atoms with Crippen LogP contribution in [0.25, 0.3) is 22.0 Å². The molecule has 8 nitrogen and oxygen atoms in total. The van der Waals surface area contributed by atoms with Crippen molar-refractivity contribution in [2.45, 2.75) is 11.0 Å². The van der Waals surface area contributed by atoms with Crippen molar-refractivity contribution >= 4 is 38.4 Å². The molecule has 10 heteroatoms. The van der Waals surface area contributed by atoms with E-state index in [0.717, 1.165) is 11.1 Å². The number of benzene rings is 3. The number of fused-ring (bicyclic) bond motifs is 1. The van der Waals surface area contributed by atoms with Crippen molar-refractivity contribution in [1.29, 1.82) is 0 Å². The molecule has 1 aromatic heterocycles. The molecule has 0 radical (unpaired) electrons. The Kier molecular flexibility index (Phi) is 6.72. The van der Waals surface area contributed by atoms with Gasteiger partial charge in [0.1, 0.15) is 29.0 Å². The van der Waals surface area contributed by atoms with Crippen LogP contribution in [0.2, 0.25) is 5.02 Å². The summed E-state index contributed by atoms with van der Waals surface area (Å²) in [5.74, 6) is -0.214. The van der Waals surface area contributed by atoms with Crippen LogP contribution in [0.3, 0.4) is 0 Å². The smallest absolute Gasteiger partial charge is 0.266 e. The van der Waals surface area contributed by atoms with Gasteiger partial charge in [-0.05, 0) is 41.5 Å². The number of ether oxygens (including phenoxy) is 2. The maximum absolute atomic E-state index is 13.6. The minimum Gasteiger partial charge on any atom is -0.491 e. The zero-order valence-electron chi connectivity index (χ0n) is 19.2. The lowest BCUT2D eigenvalue weighted by molar-refractivity contribution is -0.0249. The summed E-state index contributed by atoms with van der Waals surface area (Å²) in [6.07, 6.45) is -0.492. The first-order valence-corrected chi connectivity index (χ1v) is 13.2. The number of morpholine rings is 1. The van der Waals surface area contributed by atoms with Crippen molar-refractivity contribution in [3.05, 3.63) is 83.5 Å². The van der Waals surface area contributed by atoms with Crippen LogP contribution in [-0.2, 0) is 14.8 Å². The molecule has 1 atom stereocenters. The maximum Gasteiger partial charge on any atom is 0.266 e. The fourth-order valence-electron chi connectivity index (χ4n) is 4.28. The van der Waals surface area contributed by atoms with Crippen LogP contribution >= 0.6 is 11.6 Å². The standard InChI is InChI=1S/C26H24ClN3O5S/c27-19-8-11-23-22(14-19)25(24(29-23)26(28)31)36(32,33)30-12-13-34-21(15-30)16-35-20-9-6-18(7-10-20)17-4-2-1-3-5-17/h1-11,14,21,29H,12-13,15-16H2,(H2,28,31). The number of amides is 1.